The van der Waals surface area contributed by atoms with Gasteiger partial charge >= 0.3 is 0 Å². The fourth-order valence-corrected chi connectivity index (χ4v) is 3.93. The van der Waals surface area contributed by atoms with Crippen molar-refractivity contribution >= 4 is 32.6 Å². The highest BCUT2D eigenvalue weighted by Gasteiger charge is 2.25. The molecule has 0 spiro atoms. The number of thiazole rings is 1. The second-order valence-corrected chi connectivity index (χ2v) is 7.33. The molecule has 4 rings (SSSR count). The Morgan fingerprint density at radius 2 is 2.00 bits per heavy atom. The van der Waals surface area contributed by atoms with Crippen LogP contribution >= 0.6 is 11.3 Å². The van der Waals surface area contributed by atoms with Crippen LogP contribution in [0.1, 0.15) is 21.6 Å². The molecule has 0 aliphatic rings. The number of halogens is 1. The van der Waals surface area contributed by atoms with Crippen molar-refractivity contribution in [3.63, 3.8) is 0 Å². The van der Waals surface area contributed by atoms with E-state index in [4.69, 9.17) is 0 Å². The summed E-state index contributed by atoms with van der Waals surface area (Å²) in [5, 5.41) is 4.83. The van der Waals surface area contributed by atoms with E-state index in [2.05, 4.69) is 10.1 Å². The summed E-state index contributed by atoms with van der Waals surface area (Å²) >= 11 is 1.29. The van der Waals surface area contributed by atoms with Crippen LogP contribution in [0.5, 0.6) is 0 Å². The predicted molar refractivity (Wildman–Crippen MR) is 104 cm³/mol. The number of fused-ring (bicyclic) bond motifs is 1. The van der Waals surface area contributed by atoms with Gasteiger partial charge in [0.1, 0.15) is 5.82 Å². The fraction of sp³-hybridized carbons (Fsp3) is 0.150. The average molecular weight is 380 g/mol. The molecule has 0 bridgehead atoms. The molecule has 2 aromatic heterocycles. The summed E-state index contributed by atoms with van der Waals surface area (Å²) < 4.78 is 15.9. The fourth-order valence-electron chi connectivity index (χ4n) is 2.94. The zero-order chi connectivity index (χ0) is 19.0. The second kappa shape index (κ2) is 6.92. The minimum atomic E-state index is -0.320. The monoisotopic (exact) mass is 380 g/mol. The lowest BCUT2D eigenvalue weighted by Crippen LogP contribution is -2.31. The van der Waals surface area contributed by atoms with Crippen molar-refractivity contribution in [1.82, 2.24) is 14.8 Å². The van der Waals surface area contributed by atoms with Crippen LogP contribution in [0, 0.1) is 12.7 Å². The summed E-state index contributed by atoms with van der Waals surface area (Å²) in [6.45, 7) is 2.21. The van der Waals surface area contributed by atoms with Gasteiger partial charge in [-0.3, -0.25) is 14.4 Å². The summed E-state index contributed by atoms with van der Waals surface area (Å²) in [5.41, 5.74) is 2.83. The molecule has 0 aliphatic heterocycles. The van der Waals surface area contributed by atoms with E-state index in [-0.39, 0.29) is 11.7 Å². The number of carbonyl (C=O) groups is 1. The normalized spacial score (nSPS) is 11.1. The number of aromatic nitrogens is 3. The molecular weight excluding hydrogens is 363 g/mol. The van der Waals surface area contributed by atoms with Crippen LogP contribution in [-0.4, -0.2) is 20.7 Å². The molecule has 0 atom stereocenters. The lowest BCUT2D eigenvalue weighted by Gasteiger charge is -2.19. The minimum Gasteiger partial charge on any atom is -0.278 e. The first kappa shape index (κ1) is 17.4. The molecule has 0 unspecified atom stereocenters. The summed E-state index contributed by atoms with van der Waals surface area (Å²) in [5.74, 6) is -0.546. The molecular formula is C20H17FN4OS. The number of hydrogen-bond donors (Lipinski definition) is 0. The van der Waals surface area contributed by atoms with Gasteiger partial charge in [0.25, 0.3) is 5.91 Å². The Hall–Kier alpha value is -3.06. The van der Waals surface area contributed by atoms with E-state index in [1.807, 2.05) is 43.5 Å². The van der Waals surface area contributed by atoms with Crippen LogP contribution in [0.3, 0.4) is 0 Å². The lowest BCUT2D eigenvalue weighted by atomic mass is 10.2. The first-order chi connectivity index (χ1) is 13.0. The van der Waals surface area contributed by atoms with Gasteiger partial charge in [0.15, 0.2) is 10.8 Å². The van der Waals surface area contributed by atoms with E-state index in [1.54, 1.807) is 22.7 Å². The Labute approximate surface area is 159 Å². The first-order valence-electron chi connectivity index (χ1n) is 8.43. The number of benzene rings is 2. The molecule has 0 radical (unpaired) electrons. The van der Waals surface area contributed by atoms with Crippen molar-refractivity contribution in [1.29, 1.82) is 0 Å². The smallest absolute Gasteiger partial charge is 0.278 e. The number of nitrogens with zero attached hydrogens (tertiary/aromatic N) is 4. The van der Waals surface area contributed by atoms with Gasteiger partial charge in [0.05, 0.1) is 16.8 Å². The van der Waals surface area contributed by atoms with E-state index >= 15 is 0 Å². The van der Waals surface area contributed by atoms with E-state index < -0.39 is 0 Å². The maximum atomic E-state index is 13.6. The SMILES string of the molecule is Cc1cn(C)nc1C(=O)N(Cc1ccccc1)c1nc2ccc(F)cc2s1. The van der Waals surface area contributed by atoms with Gasteiger partial charge in [-0.1, -0.05) is 41.7 Å². The zero-order valence-electron chi connectivity index (χ0n) is 14.9. The molecule has 2 heterocycles. The number of aryl methyl sites for hydroxylation is 2. The molecule has 0 saturated heterocycles. The maximum absolute atomic E-state index is 13.6. The molecule has 1 amide bonds. The summed E-state index contributed by atoms with van der Waals surface area (Å²) in [6.07, 6.45) is 1.81. The molecule has 0 fully saturated rings. The standard InChI is InChI=1S/C20H17FN4OS/c1-13-11-24(2)23-18(13)19(26)25(12-14-6-4-3-5-7-14)20-22-16-9-8-15(21)10-17(16)27-20/h3-11H,12H2,1-2H3. The first-order valence-corrected chi connectivity index (χ1v) is 9.25. The van der Waals surface area contributed by atoms with Crippen LogP contribution < -0.4 is 4.90 Å². The topological polar surface area (TPSA) is 51.0 Å². The van der Waals surface area contributed by atoms with Crippen LogP contribution in [0.4, 0.5) is 9.52 Å². The number of carbonyl (C=O) groups excluding carboxylic acids is 1. The number of anilines is 1. The van der Waals surface area contributed by atoms with Gasteiger partial charge in [0, 0.05) is 18.8 Å². The molecule has 0 saturated carbocycles. The van der Waals surface area contributed by atoms with Gasteiger partial charge in [-0.15, -0.1) is 0 Å². The predicted octanol–water partition coefficient (Wildman–Crippen LogP) is 4.32. The third kappa shape index (κ3) is 3.46. The Balaban J connectivity index is 1.79. The number of rotatable bonds is 4. The van der Waals surface area contributed by atoms with Crippen molar-refractivity contribution in [2.24, 2.45) is 7.05 Å². The van der Waals surface area contributed by atoms with E-state index in [0.29, 0.717) is 27.6 Å². The van der Waals surface area contributed by atoms with Crippen LogP contribution in [-0.2, 0) is 13.6 Å². The molecule has 4 aromatic rings. The highest BCUT2D eigenvalue weighted by atomic mass is 32.1. The van der Waals surface area contributed by atoms with Crippen molar-refractivity contribution in [3.05, 3.63) is 77.4 Å². The lowest BCUT2D eigenvalue weighted by molar-refractivity contribution is 0.0979. The largest absolute Gasteiger partial charge is 0.281 e. The van der Waals surface area contributed by atoms with E-state index in [1.165, 1.54) is 23.5 Å². The van der Waals surface area contributed by atoms with Crippen molar-refractivity contribution in [3.8, 4) is 0 Å². The van der Waals surface area contributed by atoms with E-state index in [9.17, 15) is 9.18 Å². The summed E-state index contributed by atoms with van der Waals surface area (Å²) in [4.78, 5) is 19.4. The molecule has 5 nitrogen and oxygen atoms in total. The Morgan fingerprint density at radius 3 is 2.70 bits per heavy atom. The highest BCUT2D eigenvalue weighted by Crippen LogP contribution is 2.31. The third-order valence-corrected chi connectivity index (χ3v) is 5.25. The second-order valence-electron chi connectivity index (χ2n) is 6.32. The summed E-state index contributed by atoms with van der Waals surface area (Å²) in [7, 11) is 1.78. The molecule has 136 valence electrons. The molecule has 0 N–H and O–H groups in total. The molecule has 27 heavy (non-hydrogen) atoms. The number of hydrogen-bond acceptors (Lipinski definition) is 4. The van der Waals surface area contributed by atoms with Crippen LogP contribution in [0.2, 0.25) is 0 Å². The average Bonchev–Trinajstić information content (AvgIpc) is 3.22. The third-order valence-electron chi connectivity index (χ3n) is 4.21. The Bertz CT molecular complexity index is 1120. The van der Waals surface area contributed by atoms with Crippen LogP contribution in [0.15, 0.2) is 54.7 Å². The molecule has 0 aliphatic carbocycles. The van der Waals surface area contributed by atoms with Crippen molar-refractivity contribution in [2.75, 3.05) is 4.90 Å². The van der Waals surface area contributed by atoms with Gasteiger partial charge in [-0.25, -0.2) is 9.37 Å². The quantitative estimate of drug-likeness (QED) is 0.530. The van der Waals surface area contributed by atoms with Gasteiger partial charge in [-0.2, -0.15) is 5.10 Å². The van der Waals surface area contributed by atoms with Gasteiger partial charge in [0.2, 0.25) is 0 Å². The highest BCUT2D eigenvalue weighted by molar-refractivity contribution is 7.22. The van der Waals surface area contributed by atoms with Crippen molar-refractivity contribution in [2.45, 2.75) is 13.5 Å². The zero-order valence-corrected chi connectivity index (χ0v) is 15.7. The molecule has 7 heteroatoms. The van der Waals surface area contributed by atoms with E-state index in [0.717, 1.165) is 11.1 Å². The maximum Gasteiger partial charge on any atom is 0.281 e. The summed E-state index contributed by atoms with van der Waals surface area (Å²) in [6, 6.07) is 14.1. The van der Waals surface area contributed by atoms with Crippen LogP contribution in [0.25, 0.3) is 10.2 Å². The van der Waals surface area contributed by atoms with Gasteiger partial charge < -0.3 is 0 Å². The Morgan fingerprint density at radius 1 is 1.22 bits per heavy atom. The number of amides is 1. The van der Waals surface area contributed by atoms with Crippen molar-refractivity contribution < 1.29 is 9.18 Å². The van der Waals surface area contributed by atoms with Gasteiger partial charge in [-0.05, 0) is 30.7 Å². The Kier molecular flexibility index (Phi) is 4.45. The molecule has 2 aromatic carbocycles. The minimum absolute atomic E-state index is 0.225.